The number of anilines is 1. The zero-order valence-corrected chi connectivity index (χ0v) is 23.7. The van der Waals surface area contributed by atoms with Crippen LogP contribution in [0.3, 0.4) is 0 Å². The van der Waals surface area contributed by atoms with Crippen molar-refractivity contribution in [3.8, 4) is 11.1 Å². The standard InChI is InChI=1S/C34H31F2N3O4/c1-43-34(42)31-27(8-4-9-28(31)35)25-15-16-26(29(36)20-25)21-38-33(41)24-13-11-23(12-14-24)32(40)37-17-19-39-18-5-7-22-6-2-3-10-30(22)39/h2-4,6,8-16,20H,5,7,17-19,21H2,1H3,(H,37,40)(H,38,41). The number of para-hydroxylation sites is 1. The van der Waals surface area contributed by atoms with Crippen LogP contribution in [-0.2, 0) is 17.7 Å². The van der Waals surface area contributed by atoms with Crippen LogP contribution in [0.25, 0.3) is 11.1 Å². The summed E-state index contributed by atoms with van der Waals surface area (Å²) in [5.74, 6) is -2.92. The Morgan fingerprint density at radius 3 is 2.28 bits per heavy atom. The van der Waals surface area contributed by atoms with E-state index < -0.39 is 23.5 Å². The maximum Gasteiger partial charge on any atom is 0.341 e. The highest BCUT2D eigenvalue weighted by molar-refractivity contribution is 5.98. The third-order valence-corrected chi connectivity index (χ3v) is 7.49. The first-order chi connectivity index (χ1) is 20.9. The molecule has 0 saturated heterocycles. The number of carbonyl (C=O) groups excluding carboxylic acids is 3. The fraction of sp³-hybridized carbons (Fsp3) is 0.206. The molecule has 1 aliphatic rings. The first-order valence-electron chi connectivity index (χ1n) is 14.0. The highest BCUT2D eigenvalue weighted by atomic mass is 19.1. The van der Waals surface area contributed by atoms with Crippen molar-refractivity contribution in [2.45, 2.75) is 19.4 Å². The van der Waals surface area contributed by atoms with Crippen LogP contribution in [0.15, 0.2) is 84.9 Å². The molecule has 7 nitrogen and oxygen atoms in total. The average molecular weight is 584 g/mol. The molecule has 4 aromatic rings. The minimum absolute atomic E-state index is 0.0974. The van der Waals surface area contributed by atoms with E-state index in [0.717, 1.165) is 32.6 Å². The number of ether oxygens (including phenoxy) is 1. The number of hydrogen-bond donors (Lipinski definition) is 2. The Bertz CT molecular complexity index is 1660. The summed E-state index contributed by atoms with van der Waals surface area (Å²) >= 11 is 0. The molecule has 2 N–H and O–H groups in total. The number of nitrogens with zero attached hydrogens (tertiary/aromatic N) is 1. The quantitative estimate of drug-likeness (QED) is 0.253. The van der Waals surface area contributed by atoms with Gasteiger partial charge < -0.3 is 20.3 Å². The predicted molar refractivity (Wildman–Crippen MR) is 160 cm³/mol. The number of fused-ring (bicyclic) bond motifs is 1. The fourth-order valence-corrected chi connectivity index (χ4v) is 5.23. The van der Waals surface area contributed by atoms with Crippen LogP contribution in [0.2, 0.25) is 0 Å². The molecule has 5 rings (SSSR count). The van der Waals surface area contributed by atoms with Gasteiger partial charge in [0.1, 0.15) is 17.2 Å². The molecule has 43 heavy (non-hydrogen) atoms. The molecule has 0 unspecified atom stereocenters. The van der Waals surface area contributed by atoms with Crippen LogP contribution in [-0.4, -0.2) is 44.5 Å². The van der Waals surface area contributed by atoms with Crippen LogP contribution in [0.4, 0.5) is 14.5 Å². The molecular weight excluding hydrogens is 552 g/mol. The molecular formula is C34H31F2N3O4. The molecule has 1 heterocycles. The highest BCUT2D eigenvalue weighted by Gasteiger charge is 2.20. The van der Waals surface area contributed by atoms with E-state index in [4.69, 9.17) is 0 Å². The van der Waals surface area contributed by atoms with E-state index in [-0.39, 0.29) is 29.1 Å². The van der Waals surface area contributed by atoms with E-state index in [0.29, 0.717) is 29.8 Å². The van der Waals surface area contributed by atoms with Crippen molar-refractivity contribution in [3.05, 3.63) is 124 Å². The predicted octanol–water partition coefficient (Wildman–Crippen LogP) is 5.53. The summed E-state index contributed by atoms with van der Waals surface area (Å²) in [5, 5.41) is 5.61. The van der Waals surface area contributed by atoms with Gasteiger partial charge in [-0.3, -0.25) is 9.59 Å². The first kappa shape index (κ1) is 29.4. The van der Waals surface area contributed by atoms with Crippen LogP contribution < -0.4 is 15.5 Å². The van der Waals surface area contributed by atoms with Gasteiger partial charge in [-0.1, -0.05) is 42.5 Å². The van der Waals surface area contributed by atoms with Crippen molar-refractivity contribution < 1.29 is 27.9 Å². The third kappa shape index (κ3) is 6.72. The van der Waals surface area contributed by atoms with Gasteiger partial charge in [-0.25, -0.2) is 13.6 Å². The van der Waals surface area contributed by atoms with Crippen molar-refractivity contribution in [1.29, 1.82) is 0 Å². The summed E-state index contributed by atoms with van der Waals surface area (Å²) in [6.45, 7) is 2.05. The second-order valence-corrected chi connectivity index (χ2v) is 10.2. The van der Waals surface area contributed by atoms with Gasteiger partial charge in [0.15, 0.2) is 0 Å². The molecule has 0 saturated carbocycles. The molecule has 220 valence electrons. The number of halogens is 2. The summed E-state index contributed by atoms with van der Waals surface area (Å²) in [6, 6.07) is 22.8. The van der Waals surface area contributed by atoms with Gasteiger partial charge in [-0.05, 0) is 72.0 Å². The van der Waals surface area contributed by atoms with Crippen LogP contribution in [0.5, 0.6) is 0 Å². The van der Waals surface area contributed by atoms with E-state index >= 15 is 0 Å². The number of hydrogen-bond acceptors (Lipinski definition) is 5. The molecule has 0 atom stereocenters. The van der Waals surface area contributed by atoms with Crippen molar-refractivity contribution in [2.24, 2.45) is 0 Å². The lowest BCUT2D eigenvalue weighted by molar-refractivity contribution is 0.0596. The monoisotopic (exact) mass is 583 g/mol. The van der Waals surface area contributed by atoms with Crippen LogP contribution in [0.1, 0.15) is 48.6 Å². The largest absolute Gasteiger partial charge is 0.465 e. The minimum Gasteiger partial charge on any atom is -0.465 e. The number of rotatable bonds is 9. The average Bonchev–Trinajstić information content (AvgIpc) is 3.03. The maximum atomic E-state index is 14.9. The molecule has 0 radical (unpaired) electrons. The highest BCUT2D eigenvalue weighted by Crippen LogP contribution is 2.28. The Labute approximate surface area is 248 Å². The minimum atomic E-state index is -0.864. The van der Waals surface area contributed by atoms with Gasteiger partial charge in [0.2, 0.25) is 0 Å². The second kappa shape index (κ2) is 13.3. The van der Waals surface area contributed by atoms with Crippen LogP contribution in [0, 0.1) is 11.6 Å². The first-order valence-corrected chi connectivity index (χ1v) is 14.0. The number of nitrogens with one attached hydrogen (secondary N) is 2. The summed E-state index contributed by atoms with van der Waals surface area (Å²) in [5.41, 5.74) is 3.71. The van der Waals surface area contributed by atoms with E-state index in [9.17, 15) is 23.2 Å². The zero-order valence-electron chi connectivity index (χ0n) is 23.7. The number of benzene rings is 4. The lowest BCUT2D eigenvalue weighted by Gasteiger charge is -2.31. The summed E-state index contributed by atoms with van der Waals surface area (Å²) in [6.07, 6.45) is 2.15. The zero-order chi connectivity index (χ0) is 30.3. The molecule has 4 aromatic carbocycles. The Kier molecular flexibility index (Phi) is 9.10. The molecule has 0 aromatic heterocycles. The van der Waals surface area contributed by atoms with Gasteiger partial charge >= 0.3 is 5.97 Å². The van der Waals surface area contributed by atoms with E-state index in [2.05, 4.69) is 32.4 Å². The third-order valence-electron chi connectivity index (χ3n) is 7.49. The molecule has 0 fully saturated rings. The van der Waals surface area contributed by atoms with Gasteiger partial charge in [-0.2, -0.15) is 0 Å². The Hall–Kier alpha value is -5.05. The van der Waals surface area contributed by atoms with Crippen molar-refractivity contribution >= 4 is 23.5 Å². The summed E-state index contributed by atoms with van der Waals surface area (Å²) in [7, 11) is 1.14. The number of amides is 2. The second-order valence-electron chi connectivity index (χ2n) is 10.2. The molecule has 9 heteroatoms. The molecule has 0 aliphatic carbocycles. The van der Waals surface area contributed by atoms with Gasteiger partial charge in [0, 0.05) is 48.6 Å². The number of aryl methyl sites for hydroxylation is 1. The summed E-state index contributed by atoms with van der Waals surface area (Å²) < 4.78 is 33.9. The van der Waals surface area contributed by atoms with Crippen molar-refractivity contribution in [3.63, 3.8) is 0 Å². The van der Waals surface area contributed by atoms with E-state index in [1.807, 2.05) is 12.1 Å². The number of methoxy groups -OCH3 is 1. The topological polar surface area (TPSA) is 87.7 Å². The van der Waals surface area contributed by atoms with Gasteiger partial charge in [-0.15, -0.1) is 0 Å². The Morgan fingerprint density at radius 2 is 1.56 bits per heavy atom. The maximum absolute atomic E-state index is 14.9. The molecule has 0 spiro atoms. The van der Waals surface area contributed by atoms with Gasteiger partial charge in [0.05, 0.1) is 7.11 Å². The van der Waals surface area contributed by atoms with Gasteiger partial charge in [0.25, 0.3) is 11.8 Å². The molecule has 1 aliphatic heterocycles. The van der Waals surface area contributed by atoms with E-state index in [1.165, 1.54) is 35.5 Å². The van der Waals surface area contributed by atoms with Crippen LogP contribution >= 0.6 is 0 Å². The van der Waals surface area contributed by atoms with Crippen molar-refractivity contribution in [2.75, 3.05) is 31.6 Å². The molecule has 2 amide bonds. The smallest absolute Gasteiger partial charge is 0.341 e. The van der Waals surface area contributed by atoms with E-state index in [1.54, 1.807) is 30.3 Å². The number of esters is 1. The Morgan fingerprint density at radius 1 is 0.837 bits per heavy atom. The fourth-order valence-electron chi connectivity index (χ4n) is 5.23. The van der Waals surface area contributed by atoms with Crippen molar-refractivity contribution in [1.82, 2.24) is 10.6 Å². The SMILES string of the molecule is COC(=O)c1c(F)cccc1-c1ccc(CNC(=O)c2ccc(C(=O)NCCN3CCCc4ccccc43)cc2)c(F)c1. The molecule has 0 bridgehead atoms. The summed E-state index contributed by atoms with van der Waals surface area (Å²) in [4.78, 5) is 39.7. The Balaban J connectivity index is 1.15. The lowest BCUT2D eigenvalue weighted by atomic mass is 9.98. The normalized spacial score (nSPS) is 12.3. The lowest BCUT2D eigenvalue weighted by Crippen LogP contribution is -2.37. The number of carbonyl (C=O) groups is 3.